The molecule has 0 saturated heterocycles. The van der Waals surface area contributed by atoms with Crippen molar-refractivity contribution in [1.29, 1.82) is 0 Å². The van der Waals surface area contributed by atoms with Gasteiger partial charge in [-0.25, -0.2) is 0 Å². The van der Waals surface area contributed by atoms with Crippen molar-refractivity contribution in [3.63, 3.8) is 0 Å². The minimum absolute atomic E-state index is 1.04. The fourth-order valence-corrected chi connectivity index (χ4v) is 3.59. The first-order valence-electron chi connectivity index (χ1n) is 7.71. The highest BCUT2D eigenvalue weighted by Crippen LogP contribution is 2.24. The third-order valence-corrected chi connectivity index (χ3v) is 4.91. The molecule has 0 aliphatic heterocycles. The lowest BCUT2D eigenvalue weighted by Gasteiger charge is -2.01. The van der Waals surface area contributed by atoms with Gasteiger partial charge in [0.2, 0.25) is 0 Å². The van der Waals surface area contributed by atoms with E-state index in [2.05, 4.69) is 47.9 Å². The fraction of sp³-hybridized carbons (Fsp3) is 0.529. The van der Waals surface area contributed by atoms with Gasteiger partial charge in [-0.2, -0.15) is 12.6 Å². The molecular formula is C17H25NS2. The summed E-state index contributed by atoms with van der Waals surface area (Å²) in [5.74, 6) is 2.27. The van der Waals surface area contributed by atoms with Crippen molar-refractivity contribution in [2.45, 2.75) is 50.0 Å². The molecule has 0 radical (unpaired) electrons. The molecule has 0 aliphatic carbocycles. The molecule has 1 heterocycles. The van der Waals surface area contributed by atoms with Crippen LogP contribution in [0.15, 0.2) is 35.4 Å². The fourth-order valence-electron chi connectivity index (χ4n) is 2.40. The minimum atomic E-state index is 1.04. The Morgan fingerprint density at radius 1 is 0.900 bits per heavy atom. The maximum Gasteiger partial charge on any atom is 0.0732 e. The molecule has 0 spiro atoms. The minimum Gasteiger partial charge on any atom is -0.350 e. The van der Waals surface area contributed by atoms with Crippen molar-refractivity contribution in [1.82, 2.24) is 4.98 Å². The molecule has 3 heteroatoms. The van der Waals surface area contributed by atoms with Gasteiger partial charge < -0.3 is 4.98 Å². The summed E-state index contributed by atoms with van der Waals surface area (Å²) in [5.41, 5.74) is 1.25. The number of fused-ring (bicyclic) bond motifs is 1. The zero-order chi connectivity index (χ0) is 14.0. The van der Waals surface area contributed by atoms with Gasteiger partial charge in [-0.3, -0.25) is 0 Å². The van der Waals surface area contributed by atoms with Crippen LogP contribution in [0.4, 0.5) is 0 Å². The topological polar surface area (TPSA) is 15.8 Å². The van der Waals surface area contributed by atoms with Crippen LogP contribution in [0.1, 0.15) is 44.9 Å². The lowest BCUT2D eigenvalue weighted by molar-refractivity contribution is 0.605. The van der Waals surface area contributed by atoms with Crippen molar-refractivity contribution in [3.8, 4) is 0 Å². The Kier molecular flexibility index (Phi) is 7.45. The van der Waals surface area contributed by atoms with Gasteiger partial charge in [0.1, 0.15) is 0 Å². The third-order valence-electron chi connectivity index (χ3n) is 3.57. The van der Waals surface area contributed by atoms with E-state index in [0.717, 1.165) is 5.75 Å². The number of aromatic nitrogens is 1. The largest absolute Gasteiger partial charge is 0.350 e. The molecule has 0 fully saturated rings. The summed E-state index contributed by atoms with van der Waals surface area (Å²) >= 11 is 6.19. The van der Waals surface area contributed by atoms with Crippen LogP contribution in [0.3, 0.4) is 0 Å². The van der Waals surface area contributed by atoms with E-state index in [1.54, 1.807) is 0 Å². The smallest absolute Gasteiger partial charge is 0.0732 e. The highest BCUT2D eigenvalue weighted by atomic mass is 32.2. The van der Waals surface area contributed by atoms with Crippen molar-refractivity contribution in [2.24, 2.45) is 0 Å². The maximum atomic E-state index is 4.24. The Labute approximate surface area is 132 Å². The summed E-state index contributed by atoms with van der Waals surface area (Å²) in [5, 5.41) is 2.62. The lowest BCUT2D eigenvalue weighted by atomic mass is 10.1. The van der Waals surface area contributed by atoms with Crippen molar-refractivity contribution >= 4 is 35.3 Å². The highest BCUT2D eigenvalue weighted by molar-refractivity contribution is 7.99. The number of rotatable bonds is 10. The van der Waals surface area contributed by atoms with Gasteiger partial charge in [0.25, 0.3) is 0 Å². The van der Waals surface area contributed by atoms with E-state index in [1.807, 2.05) is 11.8 Å². The van der Waals surface area contributed by atoms with Gasteiger partial charge in [-0.05, 0) is 36.5 Å². The number of hydrogen-bond acceptors (Lipinski definition) is 2. The Hall–Kier alpha value is -0.540. The first-order chi connectivity index (χ1) is 9.90. The summed E-state index contributed by atoms with van der Waals surface area (Å²) in [4.78, 5) is 3.48. The molecular weight excluding hydrogens is 282 g/mol. The molecule has 2 aromatic rings. The van der Waals surface area contributed by atoms with Gasteiger partial charge >= 0.3 is 0 Å². The Morgan fingerprint density at radius 2 is 1.60 bits per heavy atom. The van der Waals surface area contributed by atoms with Crippen LogP contribution in [-0.2, 0) is 0 Å². The number of H-pyrrole nitrogens is 1. The number of thioether (sulfide) groups is 1. The van der Waals surface area contributed by atoms with Crippen molar-refractivity contribution in [3.05, 3.63) is 30.3 Å². The number of nitrogens with one attached hydrogen (secondary N) is 1. The summed E-state index contributed by atoms with van der Waals surface area (Å²) in [6, 6.07) is 10.8. The van der Waals surface area contributed by atoms with Gasteiger partial charge in [-0.1, -0.05) is 50.3 Å². The van der Waals surface area contributed by atoms with E-state index in [1.165, 1.54) is 66.6 Å². The molecule has 0 bridgehead atoms. The second-order valence-electron chi connectivity index (χ2n) is 5.27. The van der Waals surface area contributed by atoms with E-state index in [9.17, 15) is 0 Å². The molecule has 0 unspecified atom stereocenters. The molecule has 20 heavy (non-hydrogen) atoms. The zero-order valence-corrected chi connectivity index (χ0v) is 13.8. The standard InChI is InChI=1S/C17H25NS2/c19-12-8-4-2-1-3-5-9-13-20-17-14-15-10-6-7-11-16(15)18-17/h6-7,10-11,14,18-19H,1-5,8-9,12-13H2. The van der Waals surface area contributed by atoms with E-state index in [-0.39, 0.29) is 0 Å². The van der Waals surface area contributed by atoms with E-state index in [0.29, 0.717) is 0 Å². The first kappa shape index (κ1) is 15.8. The van der Waals surface area contributed by atoms with E-state index in [4.69, 9.17) is 0 Å². The highest BCUT2D eigenvalue weighted by Gasteiger charge is 2.00. The molecule has 0 amide bonds. The molecule has 0 saturated carbocycles. The monoisotopic (exact) mass is 307 g/mol. The molecule has 1 aromatic heterocycles. The van der Waals surface area contributed by atoms with Crippen LogP contribution in [0.25, 0.3) is 10.9 Å². The van der Waals surface area contributed by atoms with E-state index < -0.39 is 0 Å². The number of thiol groups is 1. The average molecular weight is 308 g/mol. The van der Waals surface area contributed by atoms with Crippen molar-refractivity contribution < 1.29 is 0 Å². The van der Waals surface area contributed by atoms with Gasteiger partial charge in [0.05, 0.1) is 5.03 Å². The molecule has 1 aromatic carbocycles. The normalized spacial score (nSPS) is 11.2. The number of benzene rings is 1. The molecule has 0 aliphatic rings. The summed E-state index contributed by atoms with van der Waals surface area (Å²) in [7, 11) is 0. The average Bonchev–Trinajstić information content (AvgIpc) is 2.88. The molecule has 2 rings (SSSR count). The predicted molar refractivity (Wildman–Crippen MR) is 95.2 cm³/mol. The van der Waals surface area contributed by atoms with Crippen LogP contribution in [0.5, 0.6) is 0 Å². The molecule has 1 N–H and O–H groups in total. The van der Waals surface area contributed by atoms with Crippen LogP contribution >= 0.6 is 24.4 Å². The second-order valence-corrected chi connectivity index (χ2v) is 6.85. The van der Waals surface area contributed by atoms with Crippen LogP contribution in [-0.4, -0.2) is 16.5 Å². The molecule has 0 atom stereocenters. The molecule has 110 valence electrons. The Balaban J connectivity index is 1.55. The van der Waals surface area contributed by atoms with Gasteiger partial charge in [0, 0.05) is 10.9 Å². The van der Waals surface area contributed by atoms with E-state index >= 15 is 0 Å². The first-order valence-corrected chi connectivity index (χ1v) is 9.33. The summed E-state index contributed by atoms with van der Waals surface area (Å²) in [6.45, 7) is 0. The van der Waals surface area contributed by atoms with Crippen LogP contribution < -0.4 is 0 Å². The van der Waals surface area contributed by atoms with Gasteiger partial charge in [-0.15, -0.1) is 11.8 Å². The maximum absolute atomic E-state index is 4.24. The quantitative estimate of drug-likeness (QED) is 0.316. The second kappa shape index (κ2) is 9.41. The van der Waals surface area contributed by atoms with Gasteiger partial charge in [0.15, 0.2) is 0 Å². The zero-order valence-electron chi connectivity index (χ0n) is 12.1. The summed E-state index contributed by atoms with van der Waals surface area (Å²) in [6.07, 6.45) is 9.49. The summed E-state index contributed by atoms with van der Waals surface area (Å²) < 4.78 is 0. The number of unbranched alkanes of at least 4 members (excludes halogenated alkanes) is 6. The van der Waals surface area contributed by atoms with Crippen molar-refractivity contribution in [2.75, 3.05) is 11.5 Å². The number of hydrogen-bond donors (Lipinski definition) is 2. The number of para-hydroxylation sites is 1. The Morgan fingerprint density at radius 3 is 2.35 bits per heavy atom. The Bertz CT molecular complexity index is 459. The lowest BCUT2D eigenvalue weighted by Crippen LogP contribution is -1.84. The molecule has 1 nitrogen and oxygen atoms in total. The number of aromatic amines is 1. The third kappa shape index (κ3) is 5.45. The SMILES string of the molecule is SCCCCCCCCCSc1cc2ccccc2[nH]1. The van der Waals surface area contributed by atoms with Crippen LogP contribution in [0, 0.1) is 0 Å². The van der Waals surface area contributed by atoms with Crippen LogP contribution in [0.2, 0.25) is 0 Å². The predicted octanol–water partition coefficient (Wildman–Crippen LogP) is 5.92.